The highest BCUT2D eigenvalue weighted by atomic mass is 32.2. The lowest BCUT2D eigenvalue weighted by Crippen LogP contribution is -2.31. The van der Waals surface area contributed by atoms with Crippen LogP contribution in [0.5, 0.6) is 5.75 Å². The van der Waals surface area contributed by atoms with Gasteiger partial charge in [0.05, 0.1) is 23.1 Å². The van der Waals surface area contributed by atoms with Crippen molar-refractivity contribution in [1.29, 1.82) is 0 Å². The second-order valence-corrected chi connectivity index (χ2v) is 7.40. The minimum atomic E-state index is -1.13. The molecule has 28 heavy (non-hydrogen) atoms. The quantitative estimate of drug-likeness (QED) is 0.536. The van der Waals surface area contributed by atoms with E-state index in [1.807, 2.05) is 6.92 Å². The molecule has 0 radical (unpaired) electrons. The number of thioether (sulfide) groups is 1. The molecule has 1 saturated heterocycles. The van der Waals surface area contributed by atoms with Gasteiger partial charge < -0.3 is 9.84 Å². The van der Waals surface area contributed by atoms with Crippen LogP contribution in [0.1, 0.15) is 36.5 Å². The predicted octanol–water partition coefficient (Wildman–Crippen LogP) is 3.38. The van der Waals surface area contributed by atoms with E-state index in [1.165, 1.54) is 18.3 Å². The summed E-state index contributed by atoms with van der Waals surface area (Å²) in [6, 6.07) is 9.87. The van der Waals surface area contributed by atoms with Crippen LogP contribution in [0.15, 0.2) is 47.6 Å². The summed E-state index contributed by atoms with van der Waals surface area (Å²) in [5.41, 5.74) is 0.422. The van der Waals surface area contributed by atoms with Crippen molar-refractivity contribution in [3.05, 3.63) is 48.2 Å². The number of carboxylic acids is 1. The third-order valence-electron chi connectivity index (χ3n) is 4.22. The van der Waals surface area contributed by atoms with E-state index < -0.39 is 17.1 Å². The van der Waals surface area contributed by atoms with Crippen LogP contribution in [0.3, 0.4) is 0 Å². The lowest BCUT2D eigenvalue weighted by atomic mass is 10.2. The zero-order valence-corrected chi connectivity index (χ0v) is 16.1. The molecule has 1 aliphatic rings. The van der Waals surface area contributed by atoms with E-state index in [9.17, 15) is 19.5 Å². The molecule has 0 spiro atoms. The smallest absolute Gasteiger partial charge is 0.338 e. The summed E-state index contributed by atoms with van der Waals surface area (Å²) in [4.78, 5) is 42.1. The van der Waals surface area contributed by atoms with Crippen molar-refractivity contribution in [2.45, 2.75) is 36.5 Å². The summed E-state index contributed by atoms with van der Waals surface area (Å²) in [6.07, 6.45) is 3.28. The molecule has 146 valence electrons. The number of pyridine rings is 1. The molecule has 3 rings (SSSR count). The molecule has 1 atom stereocenters. The Bertz CT molecular complexity index is 902. The van der Waals surface area contributed by atoms with Gasteiger partial charge in [0.25, 0.3) is 0 Å². The molecule has 2 aromatic rings. The third-order valence-corrected chi connectivity index (χ3v) is 5.42. The molecule has 1 aromatic carbocycles. The van der Waals surface area contributed by atoms with Crippen LogP contribution < -0.4 is 9.64 Å². The molecular weight excluding hydrogens is 380 g/mol. The van der Waals surface area contributed by atoms with E-state index in [1.54, 1.807) is 24.3 Å². The predicted molar refractivity (Wildman–Crippen MR) is 105 cm³/mol. The first kappa shape index (κ1) is 19.9. The molecule has 1 aromatic heterocycles. The Balaban J connectivity index is 1.83. The van der Waals surface area contributed by atoms with Crippen molar-refractivity contribution in [3.8, 4) is 5.75 Å². The molecule has 0 saturated carbocycles. The van der Waals surface area contributed by atoms with Crippen molar-refractivity contribution in [2.24, 2.45) is 0 Å². The Morgan fingerprint density at radius 2 is 2.07 bits per heavy atom. The first-order chi connectivity index (χ1) is 13.5. The number of hydrogen-bond donors (Lipinski definition) is 1. The normalized spacial score (nSPS) is 16.5. The maximum Gasteiger partial charge on any atom is 0.338 e. The molecule has 1 aliphatic heterocycles. The fourth-order valence-corrected chi connectivity index (χ4v) is 3.93. The summed E-state index contributed by atoms with van der Waals surface area (Å²) < 4.78 is 5.75. The molecule has 7 nitrogen and oxygen atoms in total. The zero-order chi connectivity index (χ0) is 20.1. The largest absolute Gasteiger partial charge is 0.491 e. The highest BCUT2D eigenvalue weighted by Gasteiger charge is 2.42. The monoisotopic (exact) mass is 400 g/mol. The van der Waals surface area contributed by atoms with Crippen LogP contribution in [0.4, 0.5) is 5.69 Å². The van der Waals surface area contributed by atoms with Gasteiger partial charge in [0.15, 0.2) is 0 Å². The topological polar surface area (TPSA) is 96.8 Å². The number of ether oxygens (including phenoxy) is 1. The Kier molecular flexibility index (Phi) is 6.30. The number of hydrogen-bond acceptors (Lipinski definition) is 6. The minimum absolute atomic E-state index is 0.00879. The number of carbonyl (C=O) groups is 3. The number of benzene rings is 1. The molecule has 8 heteroatoms. The maximum absolute atomic E-state index is 12.9. The minimum Gasteiger partial charge on any atom is -0.491 e. The molecule has 0 bridgehead atoms. The SMILES string of the molecule is CCCCOc1ccccc1N1C(=O)C[C@@H](Sc2ncccc2C(=O)O)C1=O. The van der Waals surface area contributed by atoms with Crippen molar-refractivity contribution < 1.29 is 24.2 Å². The number of aromatic carboxylic acids is 1. The number of imide groups is 1. The van der Waals surface area contributed by atoms with Gasteiger partial charge in [0.1, 0.15) is 10.8 Å². The summed E-state index contributed by atoms with van der Waals surface area (Å²) in [5.74, 6) is -1.39. The average molecular weight is 400 g/mol. The number of amides is 2. The van der Waals surface area contributed by atoms with Gasteiger partial charge in [0.2, 0.25) is 11.8 Å². The standard InChI is InChI=1S/C20H20N2O5S/c1-2-3-11-27-15-9-5-4-8-14(15)22-17(23)12-16(19(22)24)28-18-13(20(25)26)7-6-10-21-18/h4-10,16H,2-3,11-12H2,1H3,(H,25,26)/t16-/m1/s1. The van der Waals surface area contributed by atoms with Gasteiger partial charge in [-0.05, 0) is 30.7 Å². The Morgan fingerprint density at radius 1 is 1.29 bits per heavy atom. The first-order valence-electron chi connectivity index (χ1n) is 8.96. The molecular formula is C20H20N2O5S. The van der Waals surface area contributed by atoms with E-state index in [-0.39, 0.29) is 22.9 Å². The number of anilines is 1. The molecule has 1 N–H and O–H groups in total. The van der Waals surface area contributed by atoms with Crippen LogP contribution in [-0.2, 0) is 9.59 Å². The summed E-state index contributed by atoms with van der Waals surface area (Å²) in [5, 5.41) is 8.78. The third kappa shape index (κ3) is 4.17. The lowest BCUT2D eigenvalue weighted by Gasteiger charge is -2.19. The Hall–Kier alpha value is -2.87. The van der Waals surface area contributed by atoms with Crippen molar-refractivity contribution in [3.63, 3.8) is 0 Å². The average Bonchev–Trinajstić information content (AvgIpc) is 2.96. The highest BCUT2D eigenvalue weighted by molar-refractivity contribution is 8.00. The highest BCUT2D eigenvalue weighted by Crippen LogP contribution is 2.37. The Labute approximate surface area is 166 Å². The number of unbranched alkanes of at least 4 members (excludes halogenated alkanes) is 1. The molecule has 0 unspecified atom stereocenters. The number of carbonyl (C=O) groups excluding carboxylic acids is 2. The second-order valence-electron chi connectivity index (χ2n) is 6.21. The summed E-state index contributed by atoms with van der Waals surface area (Å²) in [7, 11) is 0. The van der Waals surface area contributed by atoms with Gasteiger partial charge in [-0.2, -0.15) is 0 Å². The van der Waals surface area contributed by atoms with Gasteiger partial charge in [-0.25, -0.2) is 14.7 Å². The van der Waals surface area contributed by atoms with Gasteiger partial charge in [-0.15, -0.1) is 0 Å². The van der Waals surface area contributed by atoms with Gasteiger partial charge in [-0.3, -0.25) is 9.59 Å². The van der Waals surface area contributed by atoms with E-state index >= 15 is 0 Å². The maximum atomic E-state index is 12.9. The number of carboxylic acid groups (broad SMARTS) is 1. The molecule has 2 heterocycles. The molecule has 1 fully saturated rings. The fourth-order valence-electron chi connectivity index (χ4n) is 2.82. The zero-order valence-electron chi connectivity index (χ0n) is 15.3. The second kappa shape index (κ2) is 8.88. The van der Waals surface area contributed by atoms with Gasteiger partial charge in [-0.1, -0.05) is 37.2 Å². The van der Waals surface area contributed by atoms with E-state index in [0.717, 1.165) is 29.5 Å². The number of nitrogens with zero attached hydrogens (tertiary/aromatic N) is 2. The van der Waals surface area contributed by atoms with Crippen LogP contribution in [0.25, 0.3) is 0 Å². The summed E-state index contributed by atoms with van der Waals surface area (Å²) >= 11 is 0.999. The number of para-hydroxylation sites is 2. The van der Waals surface area contributed by atoms with Crippen molar-refractivity contribution in [1.82, 2.24) is 4.98 Å². The lowest BCUT2D eigenvalue weighted by molar-refractivity contribution is -0.121. The van der Waals surface area contributed by atoms with E-state index in [4.69, 9.17) is 4.74 Å². The Morgan fingerprint density at radius 3 is 2.82 bits per heavy atom. The van der Waals surface area contributed by atoms with Crippen LogP contribution >= 0.6 is 11.8 Å². The van der Waals surface area contributed by atoms with Crippen LogP contribution in [0.2, 0.25) is 0 Å². The molecule has 2 amide bonds. The fraction of sp³-hybridized carbons (Fsp3) is 0.300. The number of rotatable bonds is 8. The van der Waals surface area contributed by atoms with Gasteiger partial charge >= 0.3 is 5.97 Å². The first-order valence-corrected chi connectivity index (χ1v) is 9.84. The van der Waals surface area contributed by atoms with Crippen molar-refractivity contribution >= 4 is 35.2 Å². The number of aromatic nitrogens is 1. The van der Waals surface area contributed by atoms with E-state index in [0.29, 0.717) is 18.0 Å². The van der Waals surface area contributed by atoms with Crippen LogP contribution in [-0.4, -0.2) is 39.7 Å². The molecule has 0 aliphatic carbocycles. The van der Waals surface area contributed by atoms with Gasteiger partial charge in [0, 0.05) is 12.6 Å². The summed E-state index contributed by atoms with van der Waals surface area (Å²) in [6.45, 7) is 2.55. The van der Waals surface area contributed by atoms with Crippen molar-refractivity contribution in [2.75, 3.05) is 11.5 Å². The van der Waals surface area contributed by atoms with E-state index in [2.05, 4.69) is 4.98 Å². The van der Waals surface area contributed by atoms with Crippen LogP contribution in [0, 0.1) is 0 Å².